The van der Waals surface area contributed by atoms with Crippen LogP contribution in [0, 0.1) is 6.92 Å². The zero-order chi connectivity index (χ0) is 19.1. The summed E-state index contributed by atoms with van der Waals surface area (Å²) in [4.78, 5) is 24.5. The van der Waals surface area contributed by atoms with Gasteiger partial charge >= 0.3 is 5.97 Å². The lowest BCUT2D eigenvalue weighted by Gasteiger charge is -2.14. The number of amides is 1. The number of ether oxygens (including phenoxy) is 3. The number of hydrogen-bond donors (Lipinski definition) is 1. The molecule has 2 aromatic rings. The summed E-state index contributed by atoms with van der Waals surface area (Å²) in [5.74, 6) is 0.309. The number of rotatable bonds is 7. The summed E-state index contributed by atoms with van der Waals surface area (Å²) in [6.45, 7) is 5.87. The number of aryl methyl sites for hydroxylation is 1. The Morgan fingerprint density at radius 2 is 1.81 bits per heavy atom. The van der Waals surface area contributed by atoms with Gasteiger partial charge in [-0.05, 0) is 62.7 Å². The fourth-order valence-electron chi connectivity index (χ4n) is 2.27. The van der Waals surface area contributed by atoms with Crippen molar-refractivity contribution in [2.24, 2.45) is 0 Å². The molecule has 138 valence electrons. The van der Waals surface area contributed by atoms with Gasteiger partial charge in [0.25, 0.3) is 5.91 Å². The summed E-state index contributed by atoms with van der Waals surface area (Å²) in [5, 5.41) is 2.70. The fourth-order valence-corrected chi connectivity index (χ4v) is 2.27. The molecule has 0 radical (unpaired) electrons. The minimum atomic E-state index is -0.943. The average molecular weight is 357 g/mol. The predicted octanol–water partition coefficient (Wildman–Crippen LogP) is 3.59. The van der Waals surface area contributed by atoms with Crippen molar-refractivity contribution < 1.29 is 23.8 Å². The van der Waals surface area contributed by atoms with E-state index in [4.69, 9.17) is 14.2 Å². The van der Waals surface area contributed by atoms with E-state index in [0.717, 1.165) is 11.3 Å². The highest BCUT2D eigenvalue weighted by molar-refractivity contribution is 5.97. The van der Waals surface area contributed by atoms with E-state index in [1.807, 2.05) is 13.8 Å². The number of hydrogen-bond acceptors (Lipinski definition) is 5. The molecule has 0 aliphatic carbocycles. The molecule has 0 unspecified atom stereocenters. The number of esters is 1. The molecule has 0 aliphatic rings. The second kappa shape index (κ2) is 8.89. The van der Waals surface area contributed by atoms with Crippen LogP contribution in [0.2, 0.25) is 0 Å². The smallest absolute Gasteiger partial charge is 0.339 e. The molecular weight excluding hydrogens is 334 g/mol. The molecule has 1 atom stereocenters. The first kappa shape index (κ1) is 19.3. The lowest BCUT2D eigenvalue weighted by molar-refractivity contribution is -0.123. The molecule has 1 N–H and O–H groups in total. The van der Waals surface area contributed by atoms with Crippen molar-refractivity contribution in [2.75, 3.05) is 19.0 Å². The highest BCUT2D eigenvalue weighted by Crippen LogP contribution is 2.20. The predicted molar refractivity (Wildman–Crippen MR) is 98.8 cm³/mol. The molecular formula is C20H23NO5. The Morgan fingerprint density at radius 3 is 2.42 bits per heavy atom. The van der Waals surface area contributed by atoms with Crippen LogP contribution in [0.4, 0.5) is 5.69 Å². The van der Waals surface area contributed by atoms with Crippen molar-refractivity contribution >= 4 is 17.6 Å². The molecule has 0 heterocycles. The van der Waals surface area contributed by atoms with Crippen molar-refractivity contribution in [1.82, 2.24) is 0 Å². The molecule has 2 aromatic carbocycles. The summed E-state index contributed by atoms with van der Waals surface area (Å²) in [5.41, 5.74) is 1.83. The molecule has 0 spiro atoms. The van der Waals surface area contributed by atoms with Crippen molar-refractivity contribution in [3.05, 3.63) is 53.6 Å². The molecule has 6 nitrogen and oxygen atoms in total. The SMILES string of the molecule is CCOc1ccc(NC(=O)[C@H](C)OC(=O)c2ccc(C)c(OC)c2)cc1. The molecule has 0 bridgehead atoms. The van der Waals surface area contributed by atoms with Gasteiger partial charge < -0.3 is 19.5 Å². The summed E-state index contributed by atoms with van der Waals surface area (Å²) in [7, 11) is 1.53. The minimum Gasteiger partial charge on any atom is -0.496 e. The molecule has 0 aliphatic heterocycles. The van der Waals surface area contributed by atoms with Crippen molar-refractivity contribution in [3.8, 4) is 11.5 Å². The molecule has 2 rings (SSSR count). The number of benzene rings is 2. The maximum Gasteiger partial charge on any atom is 0.339 e. The number of anilines is 1. The van der Waals surface area contributed by atoms with E-state index in [1.165, 1.54) is 14.0 Å². The summed E-state index contributed by atoms with van der Waals surface area (Å²) in [6, 6.07) is 12.0. The molecule has 0 fully saturated rings. The first-order valence-corrected chi connectivity index (χ1v) is 8.34. The summed E-state index contributed by atoms with van der Waals surface area (Å²) in [6.07, 6.45) is -0.943. The van der Waals surface area contributed by atoms with Crippen molar-refractivity contribution in [1.29, 1.82) is 0 Å². The van der Waals surface area contributed by atoms with Crippen molar-refractivity contribution in [2.45, 2.75) is 26.9 Å². The Balaban J connectivity index is 1.96. The van der Waals surface area contributed by atoms with E-state index in [9.17, 15) is 9.59 Å². The van der Waals surface area contributed by atoms with Gasteiger partial charge in [-0.1, -0.05) is 6.07 Å². The standard InChI is InChI=1S/C20H23NO5/c1-5-25-17-10-8-16(9-11-17)21-19(22)14(3)26-20(23)15-7-6-13(2)18(12-15)24-4/h6-12,14H,5H2,1-4H3,(H,21,22)/t14-/m0/s1. The number of nitrogens with one attached hydrogen (secondary N) is 1. The molecule has 0 saturated carbocycles. The van der Waals surface area contributed by atoms with Crippen LogP contribution in [-0.2, 0) is 9.53 Å². The van der Waals surface area contributed by atoms with Gasteiger partial charge in [-0.25, -0.2) is 4.79 Å². The monoisotopic (exact) mass is 357 g/mol. The van der Waals surface area contributed by atoms with Crippen LogP contribution in [0.15, 0.2) is 42.5 Å². The zero-order valence-electron chi connectivity index (χ0n) is 15.4. The van der Waals surface area contributed by atoms with E-state index in [2.05, 4.69) is 5.32 Å². The largest absolute Gasteiger partial charge is 0.496 e. The van der Waals surface area contributed by atoms with Crippen LogP contribution in [-0.4, -0.2) is 31.7 Å². The topological polar surface area (TPSA) is 73.9 Å². The zero-order valence-corrected chi connectivity index (χ0v) is 15.4. The highest BCUT2D eigenvalue weighted by atomic mass is 16.5. The van der Waals surface area contributed by atoms with E-state index in [0.29, 0.717) is 23.6 Å². The molecule has 26 heavy (non-hydrogen) atoms. The Kier molecular flexibility index (Phi) is 6.60. The third-order valence-electron chi connectivity index (χ3n) is 3.73. The number of carbonyl (C=O) groups excluding carboxylic acids is 2. The first-order valence-electron chi connectivity index (χ1n) is 8.34. The van der Waals surface area contributed by atoms with Crippen LogP contribution in [0.25, 0.3) is 0 Å². The van der Waals surface area contributed by atoms with Gasteiger partial charge in [-0.15, -0.1) is 0 Å². The van der Waals surface area contributed by atoms with Crippen LogP contribution < -0.4 is 14.8 Å². The quantitative estimate of drug-likeness (QED) is 0.767. The maximum atomic E-state index is 12.2. The lowest BCUT2D eigenvalue weighted by Crippen LogP contribution is -2.30. The van der Waals surface area contributed by atoms with Gasteiger partial charge in [-0.2, -0.15) is 0 Å². The van der Waals surface area contributed by atoms with Crippen LogP contribution in [0.3, 0.4) is 0 Å². The van der Waals surface area contributed by atoms with Gasteiger partial charge in [0.15, 0.2) is 6.10 Å². The van der Waals surface area contributed by atoms with Gasteiger partial charge in [0.05, 0.1) is 19.3 Å². The fraction of sp³-hybridized carbons (Fsp3) is 0.300. The molecule has 1 amide bonds. The van der Waals surface area contributed by atoms with Gasteiger partial charge in [0.2, 0.25) is 0 Å². The molecule has 0 saturated heterocycles. The normalized spacial score (nSPS) is 11.4. The first-order chi connectivity index (χ1) is 12.4. The Hall–Kier alpha value is -3.02. The van der Waals surface area contributed by atoms with E-state index < -0.39 is 18.0 Å². The van der Waals surface area contributed by atoms with Gasteiger partial charge in [-0.3, -0.25) is 4.79 Å². The Bertz CT molecular complexity index is 770. The average Bonchev–Trinajstić information content (AvgIpc) is 2.63. The van der Waals surface area contributed by atoms with E-state index in [1.54, 1.807) is 42.5 Å². The van der Waals surface area contributed by atoms with Crippen LogP contribution in [0.5, 0.6) is 11.5 Å². The Morgan fingerprint density at radius 1 is 1.12 bits per heavy atom. The molecule has 6 heteroatoms. The van der Waals surface area contributed by atoms with Crippen molar-refractivity contribution in [3.63, 3.8) is 0 Å². The number of carbonyl (C=O) groups is 2. The summed E-state index contributed by atoms with van der Waals surface area (Å²) >= 11 is 0. The lowest BCUT2D eigenvalue weighted by atomic mass is 10.1. The highest BCUT2D eigenvalue weighted by Gasteiger charge is 2.19. The minimum absolute atomic E-state index is 0.327. The Labute approximate surface area is 153 Å². The van der Waals surface area contributed by atoms with E-state index >= 15 is 0 Å². The third kappa shape index (κ3) is 4.99. The number of methoxy groups -OCH3 is 1. The van der Waals surface area contributed by atoms with Gasteiger partial charge in [0, 0.05) is 5.69 Å². The van der Waals surface area contributed by atoms with E-state index in [-0.39, 0.29) is 0 Å². The summed E-state index contributed by atoms with van der Waals surface area (Å²) < 4.78 is 15.8. The van der Waals surface area contributed by atoms with Crippen LogP contribution in [0.1, 0.15) is 29.8 Å². The second-order valence-corrected chi connectivity index (χ2v) is 5.68. The van der Waals surface area contributed by atoms with Crippen LogP contribution >= 0.6 is 0 Å². The van der Waals surface area contributed by atoms with Gasteiger partial charge in [0.1, 0.15) is 11.5 Å². The third-order valence-corrected chi connectivity index (χ3v) is 3.73. The second-order valence-electron chi connectivity index (χ2n) is 5.68. The molecule has 0 aromatic heterocycles. The maximum absolute atomic E-state index is 12.2.